The van der Waals surface area contributed by atoms with Crippen LogP contribution < -0.4 is 5.32 Å². The maximum absolute atomic E-state index is 12.2. The lowest BCUT2D eigenvalue weighted by atomic mass is 10.2. The number of thiophene rings is 1. The van der Waals surface area contributed by atoms with Crippen LogP contribution in [0.2, 0.25) is 0 Å². The van der Waals surface area contributed by atoms with Crippen LogP contribution in [-0.4, -0.2) is 34.7 Å². The molecule has 0 fully saturated rings. The summed E-state index contributed by atoms with van der Waals surface area (Å²) in [4.78, 5) is 32.5. The standard InChI is InChI=1S/C17H17N3O3S2/c1-9-4-5-12-13(6-9)19-17(18-12)24-8-14(21)20-15-11(16(22)23-3)7-10(2)25-15/h4-7H,8H2,1-3H3,(H,18,19)(H,20,21). The third-order valence-corrected chi connectivity index (χ3v) is 5.31. The Morgan fingerprint density at radius 3 is 2.88 bits per heavy atom. The maximum atomic E-state index is 12.2. The summed E-state index contributed by atoms with van der Waals surface area (Å²) in [6.45, 7) is 3.89. The minimum Gasteiger partial charge on any atom is -0.465 e. The first kappa shape index (κ1) is 17.5. The zero-order valence-corrected chi connectivity index (χ0v) is 15.6. The highest BCUT2D eigenvalue weighted by Crippen LogP contribution is 2.28. The monoisotopic (exact) mass is 375 g/mol. The number of methoxy groups -OCH3 is 1. The zero-order chi connectivity index (χ0) is 18.0. The number of thioether (sulfide) groups is 1. The molecule has 2 N–H and O–H groups in total. The van der Waals surface area contributed by atoms with Crippen LogP contribution in [0.1, 0.15) is 20.8 Å². The number of aryl methyl sites for hydroxylation is 2. The molecule has 0 aliphatic carbocycles. The maximum Gasteiger partial charge on any atom is 0.340 e. The van der Waals surface area contributed by atoms with Crippen LogP contribution in [0.5, 0.6) is 0 Å². The quantitative estimate of drug-likeness (QED) is 0.524. The van der Waals surface area contributed by atoms with Gasteiger partial charge in [0.25, 0.3) is 0 Å². The number of hydrogen-bond donors (Lipinski definition) is 2. The number of fused-ring (bicyclic) bond motifs is 1. The van der Waals surface area contributed by atoms with E-state index >= 15 is 0 Å². The minimum atomic E-state index is -0.458. The number of ether oxygens (including phenoxy) is 1. The van der Waals surface area contributed by atoms with Crippen molar-refractivity contribution in [2.75, 3.05) is 18.2 Å². The number of imidazole rings is 1. The summed E-state index contributed by atoms with van der Waals surface area (Å²) in [5, 5.41) is 3.97. The van der Waals surface area contributed by atoms with Gasteiger partial charge in [0, 0.05) is 4.88 Å². The Balaban J connectivity index is 1.65. The fourth-order valence-electron chi connectivity index (χ4n) is 2.33. The Bertz CT molecular complexity index is 946. The van der Waals surface area contributed by atoms with Gasteiger partial charge in [-0.15, -0.1) is 11.3 Å². The summed E-state index contributed by atoms with van der Waals surface area (Å²) in [6, 6.07) is 7.67. The van der Waals surface area contributed by atoms with Crippen LogP contribution in [0.15, 0.2) is 29.4 Å². The smallest absolute Gasteiger partial charge is 0.340 e. The van der Waals surface area contributed by atoms with E-state index in [9.17, 15) is 9.59 Å². The number of carbonyl (C=O) groups is 2. The Hall–Kier alpha value is -2.32. The summed E-state index contributed by atoms with van der Waals surface area (Å²) in [5.74, 6) is -0.468. The number of benzene rings is 1. The minimum absolute atomic E-state index is 0.191. The molecule has 3 rings (SSSR count). The molecule has 1 amide bonds. The normalized spacial score (nSPS) is 10.8. The van der Waals surface area contributed by atoms with Crippen molar-refractivity contribution in [1.82, 2.24) is 9.97 Å². The van der Waals surface area contributed by atoms with Gasteiger partial charge in [-0.1, -0.05) is 17.8 Å². The molecule has 1 aromatic carbocycles. The van der Waals surface area contributed by atoms with E-state index in [1.54, 1.807) is 6.07 Å². The molecule has 0 saturated carbocycles. The largest absolute Gasteiger partial charge is 0.465 e. The van der Waals surface area contributed by atoms with Gasteiger partial charge in [0.15, 0.2) is 5.16 Å². The molecule has 25 heavy (non-hydrogen) atoms. The van der Waals surface area contributed by atoms with Crippen molar-refractivity contribution in [3.05, 3.63) is 40.3 Å². The average Bonchev–Trinajstić information content (AvgIpc) is 3.14. The zero-order valence-electron chi connectivity index (χ0n) is 14.0. The summed E-state index contributed by atoms with van der Waals surface area (Å²) >= 11 is 2.66. The van der Waals surface area contributed by atoms with E-state index in [1.165, 1.54) is 30.2 Å². The van der Waals surface area contributed by atoms with E-state index in [0.717, 1.165) is 21.5 Å². The number of amides is 1. The van der Waals surface area contributed by atoms with Gasteiger partial charge in [0.05, 0.1) is 29.5 Å². The van der Waals surface area contributed by atoms with Crippen molar-refractivity contribution in [1.29, 1.82) is 0 Å². The highest BCUT2D eigenvalue weighted by molar-refractivity contribution is 7.99. The fraction of sp³-hybridized carbons (Fsp3) is 0.235. The van der Waals surface area contributed by atoms with Gasteiger partial charge in [0.2, 0.25) is 5.91 Å². The Morgan fingerprint density at radius 1 is 1.32 bits per heavy atom. The van der Waals surface area contributed by atoms with E-state index in [4.69, 9.17) is 4.74 Å². The second-order valence-corrected chi connectivity index (χ2v) is 7.71. The van der Waals surface area contributed by atoms with Gasteiger partial charge in [0.1, 0.15) is 5.00 Å². The van der Waals surface area contributed by atoms with Crippen molar-refractivity contribution in [2.24, 2.45) is 0 Å². The number of carbonyl (C=O) groups excluding carboxylic acids is 2. The molecule has 3 aromatic rings. The molecule has 0 radical (unpaired) electrons. The number of aromatic nitrogens is 2. The number of anilines is 1. The first-order valence-corrected chi connectivity index (χ1v) is 9.34. The molecule has 0 atom stereocenters. The van der Waals surface area contributed by atoms with Crippen molar-refractivity contribution in [3.63, 3.8) is 0 Å². The Labute approximate surface area is 153 Å². The molecule has 0 aliphatic heterocycles. The molecule has 0 saturated heterocycles. The lowest BCUT2D eigenvalue weighted by Gasteiger charge is -2.04. The van der Waals surface area contributed by atoms with Gasteiger partial charge in [-0.2, -0.15) is 0 Å². The molecule has 6 nitrogen and oxygen atoms in total. The van der Waals surface area contributed by atoms with Crippen molar-refractivity contribution in [3.8, 4) is 0 Å². The molecule has 0 bridgehead atoms. The number of aromatic amines is 1. The second-order valence-electron chi connectivity index (χ2n) is 5.49. The number of hydrogen-bond acceptors (Lipinski definition) is 6. The predicted molar refractivity (Wildman–Crippen MR) is 101 cm³/mol. The molecular formula is C17H17N3O3S2. The van der Waals surface area contributed by atoms with E-state index in [2.05, 4.69) is 15.3 Å². The second kappa shape index (κ2) is 7.28. The lowest BCUT2D eigenvalue weighted by molar-refractivity contribution is -0.113. The van der Waals surface area contributed by atoms with Crippen LogP contribution in [0.4, 0.5) is 5.00 Å². The highest BCUT2D eigenvalue weighted by Gasteiger charge is 2.17. The predicted octanol–water partition coefficient (Wildman–Crippen LogP) is 3.76. The van der Waals surface area contributed by atoms with Crippen LogP contribution in [0.25, 0.3) is 11.0 Å². The van der Waals surface area contributed by atoms with Crippen molar-refractivity contribution < 1.29 is 14.3 Å². The molecule has 2 aromatic heterocycles. The number of esters is 1. The van der Waals surface area contributed by atoms with Crippen LogP contribution >= 0.6 is 23.1 Å². The van der Waals surface area contributed by atoms with Gasteiger partial charge < -0.3 is 15.0 Å². The molecule has 0 aliphatic rings. The Kier molecular flexibility index (Phi) is 5.10. The third kappa shape index (κ3) is 4.02. The molecular weight excluding hydrogens is 358 g/mol. The number of nitrogens with one attached hydrogen (secondary N) is 2. The average molecular weight is 375 g/mol. The SMILES string of the molecule is COC(=O)c1cc(C)sc1NC(=O)CSc1nc2ccc(C)cc2[nH]1. The van der Waals surface area contributed by atoms with Crippen LogP contribution in [-0.2, 0) is 9.53 Å². The summed E-state index contributed by atoms with van der Waals surface area (Å²) in [7, 11) is 1.32. The summed E-state index contributed by atoms with van der Waals surface area (Å²) in [6.07, 6.45) is 0. The van der Waals surface area contributed by atoms with Crippen molar-refractivity contribution in [2.45, 2.75) is 19.0 Å². The molecule has 2 heterocycles. The fourth-order valence-corrected chi connectivity index (χ4v) is 3.93. The number of H-pyrrole nitrogens is 1. The summed E-state index contributed by atoms with van der Waals surface area (Å²) < 4.78 is 4.74. The van der Waals surface area contributed by atoms with E-state index in [1.807, 2.05) is 32.0 Å². The molecule has 8 heteroatoms. The van der Waals surface area contributed by atoms with Crippen molar-refractivity contribution >= 4 is 51.0 Å². The number of rotatable bonds is 5. The van der Waals surface area contributed by atoms with E-state index in [0.29, 0.717) is 15.7 Å². The first-order valence-electron chi connectivity index (χ1n) is 7.54. The van der Waals surface area contributed by atoms with Crippen LogP contribution in [0.3, 0.4) is 0 Å². The molecule has 0 unspecified atom stereocenters. The van der Waals surface area contributed by atoms with Crippen LogP contribution in [0, 0.1) is 13.8 Å². The molecule has 0 spiro atoms. The topological polar surface area (TPSA) is 84.1 Å². The summed E-state index contributed by atoms with van der Waals surface area (Å²) in [5.41, 5.74) is 3.34. The lowest BCUT2D eigenvalue weighted by Crippen LogP contribution is -2.15. The van der Waals surface area contributed by atoms with Gasteiger partial charge >= 0.3 is 5.97 Å². The van der Waals surface area contributed by atoms with E-state index in [-0.39, 0.29) is 11.7 Å². The Morgan fingerprint density at radius 2 is 2.12 bits per heavy atom. The molecule has 130 valence electrons. The number of nitrogens with zero attached hydrogens (tertiary/aromatic N) is 1. The highest BCUT2D eigenvalue weighted by atomic mass is 32.2. The van der Waals surface area contributed by atoms with Gasteiger partial charge in [-0.25, -0.2) is 9.78 Å². The third-order valence-electron chi connectivity index (χ3n) is 3.47. The van der Waals surface area contributed by atoms with Gasteiger partial charge in [-0.3, -0.25) is 4.79 Å². The van der Waals surface area contributed by atoms with Gasteiger partial charge in [-0.05, 0) is 37.6 Å². The first-order chi connectivity index (χ1) is 12.0. The van der Waals surface area contributed by atoms with E-state index < -0.39 is 5.97 Å².